The Morgan fingerprint density at radius 1 is 0.606 bits per heavy atom. The van der Waals surface area contributed by atoms with Crippen molar-refractivity contribution in [3.05, 3.63) is 0 Å². The number of unbranched alkanes of at least 4 members (excludes halogenated alkanes) is 9. The maximum Gasteiger partial charge on any atom is 0.316 e. The van der Waals surface area contributed by atoms with Crippen molar-refractivity contribution in [1.82, 2.24) is 0 Å². The van der Waals surface area contributed by atoms with Gasteiger partial charge in [0.15, 0.2) is 0 Å². The van der Waals surface area contributed by atoms with E-state index >= 15 is 0 Å². The Morgan fingerprint density at radius 3 is 1.45 bits per heavy atom. The van der Waals surface area contributed by atoms with E-state index in [-0.39, 0.29) is 38.9 Å². The van der Waals surface area contributed by atoms with Crippen LogP contribution in [0.2, 0.25) is 0 Å². The van der Waals surface area contributed by atoms with Crippen molar-refractivity contribution in [1.29, 1.82) is 0 Å². The minimum Gasteiger partial charge on any atom is -0.481 e. The van der Waals surface area contributed by atoms with Crippen molar-refractivity contribution in [3.63, 3.8) is 0 Å². The molecule has 0 aromatic rings. The van der Waals surface area contributed by atoms with Crippen LogP contribution in [0.5, 0.6) is 0 Å². The quantitative estimate of drug-likeness (QED) is 0.156. The normalized spacial score (nSPS) is 11.2. The van der Waals surface area contributed by atoms with Gasteiger partial charge in [0.05, 0.1) is 0 Å². The lowest BCUT2D eigenvalue weighted by Crippen LogP contribution is -2.41. The molecule has 0 aromatic carbocycles. The molecule has 0 unspecified atom stereocenters. The largest absolute Gasteiger partial charge is 0.481 e. The van der Waals surface area contributed by atoms with Crippen LogP contribution in [0.4, 0.5) is 0 Å². The molecular weight excluding hydrogens is 428 g/mol. The molecule has 0 saturated carbocycles. The first kappa shape index (κ1) is 30.9. The minimum absolute atomic E-state index is 0.162. The molecule has 8 heteroatoms. The first-order valence-electron chi connectivity index (χ1n) is 12.5. The number of hydrogen-bond donors (Lipinski definition) is 2. The van der Waals surface area contributed by atoms with Crippen LogP contribution < -0.4 is 0 Å². The van der Waals surface area contributed by atoms with Crippen molar-refractivity contribution in [3.8, 4) is 0 Å². The molecule has 0 aliphatic carbocycles. The van der Waals surface area contributed by atoms with Gasteiger partial charge in [-0.25, -0.2) is 0 Å². The van der Waals surface area contributed by atoms with Crippen LogP contribution in [0.25, 0.3) is 0 Å². The summed E-state index contributed by atoms with van der Waals surface area (Å²) < 4.78 is 10.6. The van der Waals surface area contributed by atoms with E-state index in [9.17, 15) is 24.3 Å². The predicted octanol–water partition coefficient (Wildman–Crippen LogP) is 5.51. The highest BCUT2D eigenvalue weighted by molar-refractivity contribution is 5.77. The van der Waals surface area contributed by atoms with Gasteiger partial charge in [0.1, 0.15) is 18.6 Å². The highest BCUT2D eigenvalue weighted by atomic mass is 16.6. The van der Waals surface area contributed by atoms with Gasteiger partial charge >= 0.3 is 23.9 Å². The zero-order valence-corrected chi connectivity index (χ0v) is 20.6. The third-order valence-electron chi connectivity index (χ3n) is 5.74. The summed E-state index contributed by atoms with van der Waals surface area (Å²) in [5.41, 5.74) is -1.45. The first-order valence-corrected chi connectivity index (χ1v) is 12.5. The molecule has 0 atom stereocenters. The number of esters is 2. The van der Waals surface area contributed by atoms with E-state index in [0.29, 0.717) is 25.7 Å². The summed E-state index contributed by atoms with van der Waals surface area (Å²) >= 11 is 0. The predicted molar refractivity (Wildman–Crippen MR) is 125 cm³/mol. The molecule has 0 rings (SSSR count). The second-order valence-corrected chi connectivity index (χ2v) is 8.84. The molecule has 0 saturated heterocycles. The van der Waals surface area contributed by atoms with E-state index in [4.69, 9.17) is 14.6 Å². The summed E-state index contributed by atoms with van der Waals surface area (Å²) in [4.78, 5) is 46.9. The van der Waals surface area contributed by atoms with Crippen LogP contribution in [-0.2, 0) is 28.7 Å². The van der Waals surface area contributed by atoms with E-state index in [1.165, 1.54) is 0 Å². The fraction of sp³-hybridized carbons (Fsp3) is 0.840. The summed E-state index contributed by atoms with van der Waals surface area (Å²) in [6.45, 7) is 3.44. The lowest BCUT2D eigenvalue weighted by molar-refractivity contribution is -0.168. The molecule has 0 amide bonds. The van der Waals surface area contributed by atoms with Gasteiger partial charge in [-0.1, -0.05) is 71.6 Å². The Labute approximate surface area is 198 Å². The van der Waals surface area contributed by atoms with Crippen molar-refractivity contribution >= 4 is 23.9 Å². The van der Waals surface area contributed by atoms with Gasteiger partial charge in [-0.15, -0.1) is 0 Å². The smallest absolute Gasteiger partial charge is 0.316 e. The molecule has 192 valence electrons. The molecule has 2 N–H and O–H groups in total. The highest BCUT2D eigenvalue weighted by Crippen LogP contribution is 2.28. The molecule has 0 bridgehead atoms. The standard InChI is InChI=1S/C25H44O8/c1-3-5-11-16-22(28)32-19-25(24(30)31,20-33-23(29)17-12-6-4-2)18-14-10-8-7-9-13-15-21(26)27/h3-20H2,1-2H3,(H,26,27)(H,30,31). The summed E-state index contributed by atoms with van der Waals surface area (Å²) in [6, 6.07) is 0. The fourth-order valence-electron chi connectivity index (χ4n) is 3.48. The Bertz CT molecular complexity index is 547. The van der Waals surface area contributed by atoms with Crippen LogP contribution >= 0.6 is 0 Å². The fourth-order valence-corrected chi connectivity index (χ4v) is 3.48. The van der Waals surface area contributed by atoms with Gasteiger partial charge < -0.3 is 19.7 Å². The van der Waals surface area contributed by atoms with Crippen molar-refractivity contribution in [2.75, 3.05) is 13.2 Å². The van der Waals surface area contributed by atoms with E-state index in [0.717, 1.165) is 51.4 Å². The second kappa shape index (κ2) is 19.4. The van der Waals surface area contributed by atoms with Gasteiger partial charge in [0, 0.05) is 19.3 Å². The molecule has 0 aliphatic rings. The average molecular weight is 473 g/mol. The Balaban J connectivity index is 4.79. The molecule has 0 aromatic heterocycles. The molecule has 8 nitrogen and oxygen atoms in total. The van der Waals surface area contributed by atoms with Crippen LogP contribution in [0.15, 0.2) is 0 Å². The maximum atomic E-state index is 12.2. The highest BCUT2D eigenvalue weighted by Gasteiger charge is 2.41. The molecule has 0 heterocycles. The zero-order valence-electron chi connectivity index (χ0n) is 20.6. The second-order valence-electron chi connectivity index (χ2n) is 8.84. The Hall–Kier alpha value is -2.12. The van der Waals surface area contributed by atoms with Gasteiger partial charge in [-0.2, -0.15) is 0 Å². The summed E-state index contributed by atoms with van der Waals surface area (Å²) in [5.74, 6) is -2.79. The van der Waals surface area contributed by atoms with Gasteiger partial charge in [0.25, 0.3) is 0 Å². The Morgan fingerprint density at radius 2 is 1.03 bits per heavy atom. The summed E-state index contributed by atoms with van der Waals surface area (Å²) in [7, 11) is 0. The average Bonchev–Trinajstić information content (AvgIpc) is 2.77. The van der Waals surface area contributed by atoms with E-state index in [1.807, 2.05) is 13.8 Å². The third-order valence-corrected chi connectivity index (χ3v) is 5.74. The van der Waals surface area contributed by atoms with Crippen molar-refractivity contribution < 1.29 is 38.9 Å². The van der Waals surface area contributed by atoms with E-state index in [2.05, 4.69) is 0 Å². The molecule has 0 fully saturated rings. The van der Waals surface area contributed by atoms with Crippen molar-refractivity contribution in [2.45, 2.75) is 117 Å². The number of hydrogen-bond acceptors (Lipinski definition) is 6. The van der Waals surface area contributed by atoms with Crippen molar-refractivity contribution in [2.24, 2.45) is 5.41 Å². The number of carbonyl (C=O) groups is 4. The molecular formula is C25H44O8. The number of carboxylic acid groups (broad SMARTS) is 2. The minimum atomic E-state index is -1.45. The van der Waals surface area contributed by atoms with E-state index in [1.54, 1.807) is 0 Å². The SMILES string of the molecule is CCCCCC(=O)OCC(CCCCCCCCC(=O)O)(COC(=O)CCCCC)C(=O)O. The van der Waals surface area contributed by atoms with E-state index < -0.39 is 29.3 Å². The number of ether oxygens (including phenoxy) is 2. The maximum absolute atomic E-state index is 12.2. The van der Waals surface area contributed by atoms with Crippen LogP contribution in [0.1, 0.15) is 117 Å². The number of carboxylic acids is 2. The Kier molecular flexibility index (Phi) is 18.1. The summed E-state index contributed by atoms with van der Waals surface area (Å²) in [5, 5.41) is 18.6. The lowest BCUT2D eigenvalue weighted by Gasteiger charge is -2.28. The molecule has 0 radical (unpaired) electrons. The lowest BCUT2D eigenvalue weighted by atomic mass is 9.83. The molecule has 33 heavy (non-hydrogen) atoms. The third kappa shape index (κ3) is 16.2. The van der Waals surface area contributed by atoms with Crippen LogP contribution in [0.3, 0.4) is 0 Å². The number of carbonyl (C=O) groups excluding carboxylic acids is 2. The van der Waals surface area contributed by atoms with Gasteiger partial charge in [0.2, 0.25) is 0 Å². The molecule has 0 spiro atoms. The van der Waals surface area contributed by atoms with Gasteiger partial charge in [-0.3, -0.25) is 19.2 Å². The molecule has 0 aliphatic heterocycles. The zero-order chi connectivity index (χ0) is 25.0. The summed E-state index contributed by atoms with van der Waals surface area (Å²) in [6.07, 6.45) is 10.6. The van der Waals surface area contributed by atoms with Crippen LogP contribution in [-0.4, -0.2) is 47.3 Å². The van der Waals surface area contributed by atoms with Gasteiger partial charge in [-0.05, 0) is 25.7 Å². The number of rotatable bonds is 22. The monoisotopic (exact) mass is 472 g/mol. The van der Waals surface area contributed by atoms with Crippen LogP contribution in [0, 0.1) is 5.41 Å². The topological polar surface area (TPSA) is 127 Å². The first-order chi connectivity index (χ1) is 15.8. The number of aliphatic carboxylic acids is 2.